The Bertz CT molecular complexity index is 628. The van der Waals surface area contributed by atoms with E-state index in [2.05, 4.69) is 46.7 Å². The van der Waals surface area contributed by atoms with Gasteiger partial charge < -0.3 is 15.4 Å². The number of aryl methyl sites for hydroxylation is 2. The SMILES string of the molecule is CCNC(=NCC(C)Oc1ccc(C)cc1)NCCCn1cccn1.I. The first-order valence-electron chi connectivity index (χ1n) is 8.90. The smallest absolute Gasteiger partial charge is 0.191 e. The standard InChI is InChI=1S/C19H29N5O.HI/c1-4-20-19(21-11-5-13-24-14-6-12-23-24)22-15-17(3)25-18-9-7-16(2)8-10-18;/h6-10,12,14,17H,4-5,11,13,15H2,1-3H3,(H2,20,21,22);1H. The van der Waals surface area contributed by atoms with Crippen LogP contribution in [0.5, 0.6) is 5.75 Å². The second kappa shape index (κ2) is 12.6. The summed E-state index contributed by atoms with van der Waals surface area (Å²) in [6.45, 7) is 9.34. The summed E-state index contributed by atoms with van der Waals surface area (Å²) in [6.07, 6.45) is 4.78. The summed E-state index contributed by atoms with van der Waals surface area (Å²) >= 11 is 0. The highest BCUT2D eigenvalue weighted by Crippen LogP contribution is 2.13. The third-order valence-corrected chi connectivity index (χ3v) is 3.62. The maximum absolute atomic E-state index is 5.90. The van der Waals surface area contributed by atoms with E-state index in [4.69, 9.17) is 4.74 Å². The Balaban J connectivity index is 0.00000338. The molecule has 0 saturated heterocycles. The molecule has 0 saturated carbocycles. The Labute approximate surface area is 173 Å². The van der Waals surface area contributed by atoms with E-state index in [9.17, 15) is 0 Å². The van der Waals surface area contributed by atoms with Crippen molar-refractivity contribution in [1.82, 2.24) is 20.4 Å². The van der Waals surface area contributed by atoms with E-state index in [1.54, 1.807) is 6.20 Å². The Morgan fingerprint density at radius 2 is 2.04 bits per heavy atom. The Hall–Kier alpha value is -1.77. The first-order chi connectivity index (χ1) is 12.2. The van der Waals surface area contributed by atoms with E-state index in [0.717, 1.165) is 37.8 Å². The summed E-state index contributed by atoms with van der Waals surface area (Å²) in [5.41, 5.74) is 1.23. The molecule has 0 spiro atoms. The van der Waals surface area contributed by atoms with Gasteiger partial charge in [0, 0.05) is 32.0 Å². The molecule has 0 amide bonds. The largest absolute Gasteiger partial charge is 0.489 e. The Kier molecular flexibility index (Phi) is 10.8. The van der Waals surface area contributed by atoms with Crippen molar-refractivity contribution in [3.8, 4) is 5.75 Å². The number of ether oxygens (including phenoxy) is 1. The van der Waals surface area contributed by atoms with E-state index >= 15 is 0 Å². The number of hydrogen-bond acceptors (Lipinski definition) is 3. The molecule has 2 aromatic rings. The van der Waals surface area contributed by atoms with Crippen LogP contribution < -0.4 is 15.4 Å². The van der Waals surface area contributed by atoms with Gasteiger partial charge >= 0.3 is 0 Å². The average Bonchev–Trinajstić information content (AvgIpc) is 3.12. The lowest BCUT2D eigenvalue weighted by Gasteiger charge is -2.15. The number of hydrogen-bond donors (Lipinski definition) is 2. The molecule has 2 N–H and O–H groups in total. The van der Waals surface area contributed by atoms with Crippen molar-refractivity contribution in [2.24, 2.45) is 4.99 Å². The zero-order chi connectivity index (χ0) is 17.9. The number of guanidine groups is 1. The fraction of sp³-hybridized carbons (Fsp3) is 0.474. The maximum atomic E-state index is 5.90. The third kappa shape index (κ3) is 8.55. The fourth-order valence-corrected chi connectivity index (χ4v) is 2.33. The molecule has 6 nitrogen and oxygen atoms in total. The summed E-state index contributed by atoms with van der Waals surface area (Å²) in [5.74, 6) is 1.70. The first kappa shape index (κ1) is 22.3. The van der Waals surface area contributed by atoms with E-state index < -0.39 is 0 Å². The summed E-state index contributed by atoms with van der Waals surface area (Å²) in [7, 11) is 0. The second-order valence-electron chi connectivity index (χ2n) is 6.01. The predicted molar refractivity (Wildman–Crippen MR) is 118 cm³/mol. The van der Waals surface area contributed by atoms with Crippen LogP contribution in [0.1, 0.15) is 25.8 Å². The van der Waals surface area contributed by atoms with Crippen molar-refractivity contribution in [2.45, 2.75) is 39.8 Å². The minimum atomic E-state index is 0. The summed E-state index contributed by atoms with van der Waals surface area (Å²) in [4.78, 5) is 4.61. The highest BCUT2D eigenvalue weighted by molar-refractivity contribution is 14.0. The van der Waals surface area contributed by atoms with E-state index in [1.165, 1.54) is 5.56 Å². The van der Waals surface area contributed by atoms with Crippen molar-refractivity contribution >= 4 is 29.9 Å². The van der Waals surface area contributed by atoms with Gasteiger partial charge in [-0.15, -0.1) is 24.0 Å². The highest BCUT2D eigenvalue weighted by Gasteiger charge is 2.04. The molecule has 2 rings (SSSR count). The summed E-state index contributed by atoms with van der Waals surface area (Å²) in [5, 5.41) is 10.8. The zero-order valence-corrected chi connectivity index (χ0v) is 18.1. The number of aliphatic imine (C=N–C) groups is 1. The molecule has 7 heteroatoms. The third-order valence-electron chi connectivity index (χ3n) is 3.62. The molecule has 0 aliphatic rings. The average molecular weight is 471 g/mol. The van der Waals surface area contributed by atoms with Crippen molar-refractivity contribution in [3.05, 3.63) is 48.3 Å². The molecule has 0 bridgehead atoms. The van der Waals surface area contributed by atoms with Crippen LogP contribution in [0.15, 0.2) is 47.7 Å². The van der Waals surface area contributed by atoms with Gasteiger partial charge in [0.15, 0.2) is 5.96 Å². The minimum absolute atomic E-state index is 0. The van der Waals surface area contributed by atoms with Crippen LogP contribution >= 0.6 is 24.0 Å². The van der Waals surface area contributed by atoms with E-state index in [0.29, 0.717) is 6.54 Å². The lowest BCUT2D eigenvalue weighted by atomic mass is 10.2. The molecule has 0 aliphatic heterocycles. The highest BCUT2D eigenvalue weighted by atomic mass is 127. The molecular weight excluding hydrogens is 441 g/mol. The maximum Gasteiger partial charge on any atom is 0.191 e. The number of benzene rings is 1. The summed E-state index contributed by atoms with van der Waals surface area (Å²) < 4.78 is 7.83. The number of aromatic nitrogens is 2. The van der Waals surface area contributed by atoms with Crippen LogP contribution in [0.3, 0.4) is 0 Å². The molecule has 26 heavy (non-hydrogen) atoms. The number of nitrogens with one attached hydrogen (secondary N) is 2. The van der Waals surface area contributed by atoms with Gasteiger partial charge in [-0.1, -0.05) is 17.7 Å². The molecule has 0 aliphatic carbocycles. The quantitative estimate of drug-likeness (QED) is 0.255. The molecule has 0 fully saturated rings. The predicted octanol–water partition coefficient (Wildman–Crippen LogP) is 3.22. The van der Waals surface area contributed by atoms with Crippen LogP contribution in [0, 0.1) is 6.92 Å². The zero-order valence-electron chi connectivity index (χ0n) is 15.8. The molecule has 1 atom stereocenters. The van der Waals surface area contributed by atoms with Gasteiger partial charge in [-0.25, -0.2) is 4.99 Å². The first-order valence-corrected chi connectivity index (χ1v) is 8.90. The van der Waals surface area contributed by atoms with Crippen molar-refractivity contribution < 1.29 is 4.74 Å². The number of rotatable bonds is 9. The van der Waals surface area contributed by atoms with Gasteiger partial charge in [0.05, 0.1) is 6.54 Å². The van der Waals surface area contributed by atoms with Crippen LogP contribution in [-0.4, -0.2) is 41.5 Å². The normalized spacial score (nSPS) is 12.2. The molecule has 1 heterocycles. The van der Waals surface area contributed by atoms with Crippen molar-refractivity contribution in [2.75, 3.05) is 19.6 Å². The molecule has 144 valence electrons. The van der Waals surface area contributed by atoms with Gasteiger partial charge in [0.1, 0.15) is 11.9 Å². The van der Waals surface area contributed by atoms with E-state index in [1.807, 2.05) is 36.0 Å². The van der Waals surface area contributed by atoms with Gasteiger partial charge in [-0.3, -0.25) is 4.68 Å². The van der Waals surface area contributed by atoms with Crippen LogP contribution in [-0.2, 0) is 6.54 Å². The van der Waals surface area contributed by atoms with Gasteiger partial charge in [0.25, 0.3) is 0 Å². The Morgan fingerprint density at radius 1 is 1.27 bits per heavy atom. The van der Waals surface area contributed by atoms with Gasteiger partial charge in [-0.05, 0) is 45.4 Å². The minimum Gasteiger partial charge on any atom is -0.489 e. The van der Waals surface area contributed by atoms with Crippen molar-refractivity contribution in [3.63, 3.8) is 0 Å². The summed E-state index contributed by atoms with van der Waals surface area (Å²) in [6, 6.07) is 10.0. The molecule has 0 radical (unpaired) electrons. The Morgan fingerprint density at radius 3 is 2.69 bits per heavy atom. The second-order valence-corrected chi connectivity index (χ2v) is 6.01. The fourth-order valence-electron chi connectivity index (χ4n) is 2.33. The lowest BCUT2D eigenvalue weighted by Crippen LogP contribution is -2.38. The van der Waals surface area contributed by atoms with Gasteiger partial charge in [-0.2, -0.15) is 5.10 Å². The molecule has 1 unspecified atom stereocenters. The van der Waals surface area contributed by atoms with Crippen molar-refractivity contribution in [1.29, 1.82) is 0 Å². The van der Waals surface area contributed by atoms with Gasteiger partial charge in [0.2, 0.25) is 0 Å². The number of nitrogens with zero attached hydrogens (tertiary/aromatic N) is 3. The number of halogens is 1. The molecule has 1 aromatic heterocycles. The van der Waals surface area contributed by atoms with Crippen LogP contribution in [0.4, 0.5) is 0 Å². The topological polar surface area (TPSA) is 63.5 Å². The van der Waals surface area contributed by atoms with E-state index in [-0.39, 0.29) is 30.1 Å². The van der Waals surface area contributed by atoms with Crippen LogP contribution in [0.25, 0.3) is 0 Å². The molecular formula is C19H30IN5O. The lowest BCUT2D eigenvalue weighted by molar-refractivity contribution is 0.230. The monoisotopic (exact) mass is 471 g/mol. The van der Waals surface area contributed by atoms with Crippen LogP contribution in [0.2, 0.25) is 0 Å². The molecule has 1 aromatic carbocycles.